The number of ether oxygens (including phenoxy) is 6. The summed E-state index contributed by atoms with van der Waals surface area (Å²) in [5.41, 5.74) is 2.94. The van der Waals surface area contributed by atoms with Gasteiger partial charge in [0.1, 0.15) is 22.3 Å². The Morgan fingerprint density at radius 1 is 0.250 bits per heavy atom. The monoisotopic (exact) mass is 954 g/mol. The second kappa shape index (κ2) is 23.1. The number of hydrogen-bond donors (Lipinski definition) is 0. The molecule has 0 atom stereocenters. The molecule has 0 saturated carbocycles. The lowest BCUT2D eigenvalue weighted by Crippen LogP contribution is -2.15. The van der Waals surface area contributed by atoms with Crippen molar-refractivity contribution in [3.05, 3.63) is 146 Å². The zero-order valence-electron chi connectivity index (χ0n) is 37.5. The van der Waals surface area contributed by atoms with Crippen LogP contribution in [0.1, 0.15) is 0 Å². The van der Waals surface area contributed by atoms with Crippen molar-refractivity contribution in [2.24, 2.45) is 0 Å². The predicted molar refractivity (Wildman–Crippen MR) is 270 cm³/mol. The fraction of sp³-hybridized carbons (Fsp3) is 0.259. The molecule has 350 valence electrons. The molecule has 0 saturated heterocycles. The SMILES string of the molecule is c1ccc2c(c1)ccc1op(OCCOCCOCCOCCOCCOCCOCCOp3oc4ccc5ccccc5c4c4c(ccc5ccccc54)o3)oc3ccc4ccccc4c3c12. The van der Waals surface area contributed by atoms with Crippen LogP contribution in [-0.2, 0) is 28.4 Å². The van der Waals surface area contributed by atoms with Crippen molar-refractivity contribution in [3.8, 4) is 0 Å². The minimum absolute atomic E-state index is 0.311. The molecule has 68 heavy (non-hydrogen) atoms. The van der Waals surface area contributed by atoms with E-state index < -0.39 is 16.5 Å². The summed E-state index contributed by atoms with van der Waals surface area (Å²) in [5.74, 6) is 0. The number of benzene rings is 8. The highest BCUT2D eigenvalue weighted by molar-refractivity contribution is 7.32. The van der Waals surface area contributed by atoms with Gasteiger partial charge in [0, 0.05) is 21.5 Å². The van der Waals surface area contributed by atoms with Gasteiger partial charge < -0.3 is 45.2 Å². The first-order valence-corrected chi connectivity index (χ1v) is 25.1. The Labute approximate surface area is 394 Å². The molecule has 0 aliphatic heterocycles. The van der Waals surface area contributed by atoms with Gasteiger partial charge in [-0.3, -0.25) is 9.05 Å². The molecule has 0 aliphatic carbocycles. The van der Waals surface area contributed by atoms with E-state index in [1.807, 2.05) is 72.8 Å². The zero-order chi connectivity index (χ0) is 45.7. The van der Waals surface area contributed by atoms with Gasteiger partial charge in [0.25, 0.3) is 0 Å². The fourth-order valence-corrected chi connectivity index (χ4v) is 10.3. The summed E-state index contributed by atoms with van der Waals surface area (Å²) < 4.78 is 71.8. The van der Waals surface area contributed by atoms with E-state index in [1.165, 1.54) is 0 Å². The van der Waals surface area contributed by atoms with E-state index in [2.05, 4.69) is 72.8 Å². The van der Waals surface area contributed by atoms with Crippen LogP contribution in [0.25, 0.3) is 87.0 Å². The second-order valence-corrected chi connectivity index (χ2v) is 17.9. The molecule has 12 nitrogen and oxygen atoms in total. The van der Waals surface area contributed by atoms with Crippen molar-refractivity contribution in [2.45, 2.75) is 0 Å². The van der Waals surface area contributed by atoms with Crippen LogP contribution < -0.4 is 9.05 Å². The van der Waals surface area contributed by atoms with Gasteiger partial charge in [0.05, 0.1) is 92.5 Å². The minimum Gasteiger partial charge on any atom is -0.399 e. The van der Waals surface area contributed by atoms with E-state index in [-0.39, 0.29) is 0 Å². The van der Waals surface area contributed by atoms with Crippen LogP contribution in [0.3, 0.4) is 0 Å². The summed E-state index contributed by atoms with van der Waals surface area (Å²) in [6.07, 6.45) is 0. The molecule has 14 heteroatoms. The van der Waals surface area contributed by atoms with Crippen LogP contribution in [0, 0.1) is 0 Å². The highest BCUT2D eigenvalue weighted by Gasteiger charge is 2.15. The van der Waals surface area contributed by atoms with Gasteiger partial charge in [-0.05, 0) is 67.4 Å². The molecule has 0 bridgehead atoms. The van der Waals surface area contributed by atoms with E-state index in [0.29, 0.717) is 92.5 Å². The van der Waals surface area contributed by atoms with Crippen LogP contribution in [0.5, 0.6) is 0 Å². The van der Waals surface area contributed by atoms with Crippen molar-refractivity contribution in [1.29, 1.82) is 0 Å². The summed E-state index contributed by atoms with van der Waals surface area (Å²) in [4.78, 5) is 0. The molecule has 2 heterocycles. The molecule has 0 aliphatic rings. The first kappa shape index (κ1) is 46.0. The maximum absolute atomic E-state index is 6.38. The second-order valence-electron chi connectivity index (χ2n) is 15.8. The summed E-state index contributed by atoms with van der Waals surface area (Å²) in [6, 6.07) is 49.6. The first-order chi connectivity index (χ1) is 33.8. The van der Waals surface area contributed by atoms with E-state index in [9.17, 15) is 0 Å². The van der Waals surface area contributed by atoms with Crippen molar-refractivity contribution in [3.63, 3.8) is 0 Å². The van der Waals surface area contributed by atoms with Crippen LogP contribution >= 0.6 is 16.5 Å². The maximum atomic E-state index is 6.38. The van der Waals surface area contributed by atoms with Gasteiger partial charge in [-0.15, -0.1) is 0 Å². The predicted octanol–water partition coefficient (Wildman–Crippen LogP) is 13.2. The lowest BCUT2D eigenvalue weighted by Gasteiger charge is -2.08. The molecular formula is C54H52O12P2. The van der Waals surface area contributed by atoms with Crippen molar-refractivity contribution in [2.75, 3.05) is 92.5 Å². The van der Waals surface area contributed by atoms with Gasteiger partial charge in [-0.1, -0.05) is 121 Å². The molecule has 0 N–H and O–H groups in total. The number of rotatable bonds is 23. The Bertz CT molecular complexity index is 2950. The molecule has 8 aromatic carbocycles. The largest absolute Gasteiger partial charge is 0.399 e. The third kappa shape index (κ3) is 10.9. The van der Waals surface area contributed by atoms with Crippen molar-refractivity contribution < 1.29 is 54.3 Å². The standard InChI is InChI=1S/C54H52O12P2/c1-5-13-43-39(9-1)17-21-47-51(43)52-44-14-6-2-10-40(44)18-22-48(52)64-67(63-47)61-37-35-59-33-31-57-29-27-55-25-26-56-28-30-58-32-34-60-36-38-62-68-65-49-23-19-41-11-3-7-15-45(41)53(49)54-46-16-8-4-12-42(46)20-24-50(54)66-68/h1-24H,25-38H2. The molecule has 0 radical (unpaired) electrons. The average Bonchev–Trinajstić information content (AvgIpc) is 3.66. The summed E-state index contributed by atoms with van der Waals surface area (Å²) in [7, 11) is -3.42. The van der Waals surface area contributed by atoms with E-state index >= 15 is 0 Å². The van der Waals surface area contributed by atoms with E-state index in [1.54, 1.807) is 0 Å². The molecule has 10 rings (SSSR count). The lowest BCUT2D eigenvalue weighted by molar-refractivity contribution is -0.0180. The Kier molecular flexibility index (Phi) is 15.6. The normalized spacial score (nSPS) is 11.9. The first-order valence-electron chi connectivity index (χ1n) is 22.9. The van der Waals surface area contributed by atoms with E-state index in [0.717, 1.165) is 87.0 Å². The Hall–Kier alpha value is -5.72. The van der Waals surface area contributed by atoms with Gasteiger partial charge in [0.2, 0.25) is 0 Å². The zero-order valence-corrected chi connectivity index (χ0v) is 39.3. The quantitative estimate of drug-likeness (QED) is 0.0566. The van der Waals surface area contributed by atoms with Crippen molar-refractivity contribution >= 4 is 103 Å². The summed E-state index contributed by atoms with van der Waals surface area (Å²) in [6.45, 7) is 5.91. The molecule has 10 aromatic rings. The lowest BCUT2D eigenvalue weighted by atomic mass is 9.99. The van der Waals surface area contributed by atoms with E-state index in [4.69, 9.17) is 54.3 Å². The molecular weight excluding hydrogens is 903 g/mol. The topological polar surface area (TPSA) is 126 Å². The molecule has 2 aromatic heterocycles. The number of hydrogen-bond acceptors (Lipinski definition) is 12. The molecule has 0 amide bonds. The van der Waals surface area contributed by atoms with Gasteiger partial charge in [0.15, 0.2) is 0 Å². The summed E-state index contributed by atoms with van der Waals surface area (Å²) in [5, 5.41) is 13.0. The number of fused-ring (bicyclic) bond motifs is 14. The highest BCUT2D eigenvalue weighted by atomic mass is 31.1. The Morgan fingerprint density at radius 2 is 0.471 bits per heavy atom. The van der Waals surface area contributed by atoms with Crippen LogP contribution in [-0.4, -0.2) is 92.5 Å². The van der Waals surface area contributed by atoms with Gasteiger partial charge in [-0.25, -0.2) is 0 Å². The smallest absolute Gasteiger partial charge is 0.387 e. The highest BCUT2D eigenvalue weighted by Crippen LogP contribution is 2.42. The van der Waals surface area contributed by atoms with Crippen LogP contribution in [0.4, 0.5) is 0 Å². The third-order valence-corrected chi connectivity index (χ3v) is 13.6. The minimum atomic E-state index is -1.71. The maximum Gasteiger partial charge on any atom is 0.387 e. The van der Waals surface area contributed by atoms with Crippen LogP contribution in [0.15, 0.2) is 162 Å². The van der Waals surface area contributed by atoms with Gasteiger partial charge >= 0.3 is 16.5 Å². The van der Waals surface area contributed by atoms with Crippen LogP contribution in [0.2, 0.25) is 0 Å². The average molecular weight is 955 g/mol. The molecule has 0 spiro atoms. The Morgan fingerprint density at radius 3 is 0.721 bits per heavy atom. The summed E-state index contributed by atoms with van der Waals surface area (Å²) >= 11 is 0. The molecule has 0 fully saturated rings. The van der Waals surface area contributed by atoms with Crippen molar-refractivity contribution in [1.82, 2.24) is 0 Å². The van der Waals surface area contributed by atoms with Gasteiger partial charge in [-0.2, -0.15) is 0 Å². The molecule has 0 unspecified atom stereocenters. The third-order valence-electron chi connectivity index (χ3n) is 11.5. The Balaban J connectivity index is 0.570. The fourth-order valence-electron chi connectivity index (χ4n) is 8.35.